The lowest BCUT2D eigenvalue weighted by molar-refractivity contribution is 0.0610. The maximum atomic E-state index is 13.1. The van der Waals surface area contributed by atoms with Crippen molar-refractivity contribution in [2.45, 2.75) is 82.9 Å². The van der Waals surface area contributed by atoms with E-state index in [1.807, 2.05) is 13.8 Å². The Labute approximate surface area is 225 Å². The topological polar surface area (TPSA) is 83.3 Å². The van der Waals surface area contributed by atoms with Crippen LogP contribution >= 0.6 is 0 Å². The van der Waals surface area contributed by atoms with Gasteiger partial charge in [-0.15, -0.1) is 0 Å². The highest BCUT2D eigenvalue weighted by atomic mass is 16.3. The van der Waals surface area contributed by atoms with Crippen LogP contribution < -0.4 is 15.8 Å². The summed E-state index contributed by atoms with van der Waals surface area (Å²) in [6.07, 6.45) is 9.33. The van der Waals surface area contributed by atoms with Crippen LogP contribution in [0.15, 0.2) is 47.4 Å². The number of nitrogens with one attached hydrogen (secondary N) is 1. The summed E-state index contributed by atoms with van der Waals surface area (Å²) in [5.41, 5.74) is 1.46. The van der Waals surface area contributed by atoms with E-state index in [1.165, 1.54) is 5.56 Å². The third-order valence-corrected chi connectivity index (χ3v) is 7.87. The Balaban J connectivity index is 1.32. The number of benzene rings is 1. The van der Waals surface area contributed by atoms with Gasteiger partial charge in [-0.25, -0.2) is 4.98 Å². The van der Waals surface area contributed by atoms with Gasteiger partial charge in [-0.1, -0.05) is 48.6 Å². The first-order chi connectivity index (χ1) is 18.4. The number of fused-ring (bicyclic) bond motifs is 1. The highest BCUT2D eigenvalue weighted by molar-refractivity contribution is 5.82. The maximum Gasteiger partial charge on any atom is 0.253 e. The highest BCUT2D eigenvalue weighted by Gasteiger charge is 2.27. The van der Waals surface area contributed by atoms with Gasteiger partial charge < -0.3 is 15.3 Å². The van der Waals surface area contributed by atoms with Crippen molar-refractivity contribution >= 4 is 17.0 Å². The molecule has 38 heavy (non-hydrogen) atoms. The zero-order chi connectivity index (χ0) is 26.5. The first-order valence-corrected chi connectivity index (χ1v) is 14.1. The zero-order valence-corrected chi connectivity index (χ0v) is 22.6. The molecule has 3 heterocycles. The van der Waals surface area contributed by atoms with E-state index in [1.54, 1.807) is 16.8 Å². The summed E-state index contributed by atoms with van der Waals surface area (Å²) < 4.78 is 1.72. The summed E-state index contributed by atoms with van der Waals surface area (Å²) in [5, 5.41) is 15.3. The average Bonchev–Trinajstić information content (AvgIpc) is 2.92. The lowest BCUT2D eigenvalue weighted by Gasteiger charge is -2.32. The van der Waals surface area contributed by atoms with Gasteiger partial charge in [0.15, 0.2) is 0 Å². The van der Waals surface area contributed by atoms with Crippen LogP contribution in [0.3, 0.4) is 0 Å². The minimum Gasteiger partial charge on any atom is -0.378 e. The van der Waals surface area contributed by atoms with Crippen LogP contribution in [0.4, 0.5) is 5.95 Å². The minimum absolute atomic E-state index is 0.0446. The molecule has 0 amide bonds. The second-order valence-electron chi connectivity index (χ2n) is 11.1. The van der Waals surface area contributed by atoms with Crippen molar-refractivity contribution < 1.29 is 5.11 Å². The summed E-state index contributed by atoms with van der Waals surface area (Å²) >= 11 is 0. The van der Waals surface area contributed by atoms with Crippen LogP contribution in [0.25, 0.3) is 11.0 Å². The molecule has 1 saturated carbocycles. The van der Waals surface area contributed by atoms with E-state index in [0.717, 1.165) is 63.5 Å². The molecule has 2 aromatic heterocycles. The highest BCUT2D eigenvalue weighted by Crippen LogP contribution is 2.28. The molecule has 0 atom stereocenters. The van der Waals surface area contributed by atoms with Crippen LogP contribution in [-0.2, 0) is 6.42 Å². The summed E-state index contributed by atoms with van der Waals surface area (Å²) in [6.45, 7) is 6.69. The molecule has 0 spiro atoms. The van der Waals surface area contributed by atoms with Crippen LogP contribution in [0.1, 0.15) is 76.0 Å². The van der Waals surface area contributed by atoms with Gasteiger partial charge in [-0.3, -0.25) is 9.36 Å². The molecule has 3 aromatic rings. The quantitative estimate of drug-likeness (QED) is 0.480. The lowest BCUT2D eigenvalue weighted by atomic mass is 9.85. The molecule has 7 nitrogen and oxygen atoms in total. The largest absolute Gasteiger partial charge is 0.378 e. The number of hydrogen-bond donors (Lipinski definition) is 2. The number of pyridine rings is 1. The van der Waals surface area contributed by atoms with Gasteiger partial charge in [-0.05, 0) is 70.9 Å². The number of aliphatic hydroxyl groups is 1. The minimum atomic E-state index is -0.974. The van der Waals surface area contributed by atoms with E-state index in [0.29, 0.717) is 36.0 Å². The molecule has 7 heteroatoms. The number of hydrogen-bond acceptors (Lipinski definition) is 6. The maximum absolute atomic E-state index is 13.1. The second kappa shape index (κ2) is 11.7. The fourth-order valence-corrected chi connectivity index (χ4v) is 5.66. The normalized spacial score (nSPS) is 17.9. The van der Waals surface area contributed by atoms with Crippen LogP contribution in [0.5, 0.6) is 0 Å². The Kier molecular flexibility index (Phi) is 8.11. The van der Waals surface area contributed by atoms with Crippen LogP contribution in [-0.4, -0.2) is 50.9 Å². The summed E-state index contributed by atoms with van der Waals surface area (Å²) in [7, 11) is 0. The van der Waals surface area contributed by atoms with Gasteiger partial charge in [-0.2, -0.15) is 4.98 Å². The second-order valence-corrected chi connectivity index (χ2v) is 11.1. The van der Waals surface area contributed by atoms with Gasteiger partial charge in [0.25, 0.3) is 5.56 Å². The van der Waals surface area contributed by atoms with E-state index in [9.17, 15) is 9.90 Å². The number of aromatic nitrogens is 3. The van der Waals surface area contributed by atoms with E-state index in [2.05, 4.69) is 52.4 Å². The molecule has 1 aromatic carbocycles. The van der Waals surface area contributed by atoms with Crippen molar-refractivity contribution in [1.29, 1.82) is 0 Å². The van der Waals surface area contributed by atoms with Crippen molar-refractivity contribution in [3.05, 3.63) is 64.1 Å². The van der Waals surface area contributed by atoms with E-state index >= 15 is 0 Å². The van der Waals surface area contributed by atoms with Crippen molar-refractivity contribution in [2.75, 3.05) is 24.5 Å². The fraction of sp³-hybridized carbons (Fsp3) is 0.516. The molecule has 5 rings (SSSR count). The third kappa shape index (κ3) is 6.09. The SMILES string of the molecule is CC(C)n1c(=O)cc(C#CC2(O)CCCCC2)c2cnc(N3CCC(NCCc4ccccc4)CC3)nc21. The Bertz CT molecular complexity index is 1360. The van der Waals surface area contributed by atoms with Crippen molar-refractivity contribution in [3.8, 4) is 11.8 Å². The van der Waals surface area contributed by atoms with Crippen molar-refractivity contribution in [3.63, 3.8) is 0 Å². The Hall–Kier alpha value is -3.21. The molecule has 2 fully saturated rings. The number of anilines is 1. The molecule has 1 aliphatic heterocycles. The predicted molar refractivity (Wildman–Crippen MR) is 152 cm³/mol. The fourth-order valence-electron chi connectivity index (χ4n) is 5.66. The lowest BCUT2D eigenvalue weighted by Crippen LogP contribution is -2.43. The molecule has 2 N–H and O–H groups in total. The standard InChI is InChI=1S/C31H39N5O2/c1-23(2)36-28(37)21-25(11-17-31(38)15-7-4-8-16-31)27-22-33-30(34-29(27)36)35-19-13-26(14-20-35)32-18-12-24-9-5-3-6-10-24/h3,5-6,9-10,21-23,26,32,38H,4,7-8,12-16,18-20H2,1-2H3. The van der Waals surface area contributed by atoms with Gasteiger partial charge >= 0.3 is 0 Å². The monoisotopic (exact) mass is 513 g/mol. The van der Waals surface area contributed by atoms with Gasteiger partial charge in [0.2, 0.25) is 5.95 Å². The molecular weight excluding hydrogens is 474 g/mol. The Morgan fingerprint density at radius 1 is 1.13 bits per heavy atom. The Morgan fingerprint density at radius 3 is 2.58 bits per heavy atom. The predicted octanol–water partition coefficient (Wildman–Crippen LogP) is 4.22. The van der Waals surface area contributed by atoms with Crippen LogP contribution in [0, 0.1) is 11.8 Å². The molecule has 1 saturated heterocycles. The van der Waals surface area contributed by atoms with E-state index in [-0.39, 0.29) is 11.6 Å². The summed E-state index contributed by atoms with van der Waals surface area (Å²) in [5.74, 6) is 6.86. The number of piperidine rings is 1. The third-order valence-electron chi connectivity index (χ3n) is 7.87. The van der Waals surface area contributed by atoms with E-state index < -0.39 is 5.60 Å². The average molecular weight is 514 g/mol. The van der Waals surface area contributed by atoms with Crippen molar-refractivity contribution in [1.82, 2.24) is 19.9 Å². The van der Waals surface area contributed by atoms with E-state index in [4.69, 9.17) is 9.97 Å². The molecule has 1 aliphatic carbocycles. The summed E-state index contributed by atoms with van der Waals surface area (Å²) in [6, 6.07) is 12.6. The zero-order valence-electron chi connectivity index (χ0n) is 22.6. The first kappa shape index (κ1) is 26.4. The molecular formula is C31H39N5O2. The Morgan fingerprint density at radius 2 is 1.87 bits per heavy atom. The van der Waals surface area contributed by atoms with Gasteiger partial charge in [0.1, 0.15) is 11.2 Å². The molecule has 0 unspecified atom stereocenters. The van der Waals surface area contributed by atoms with Crippen LogP contribution in [0.2, 0.25) is 0 Å². The molecule has 0 bridgehead atoms. The molecule has 200 valence electrons. The van der Waals surface area contributed by atoms with Gasteiger partial charge in [0, 0.05) is 43.0 Å². The van der Waals surface area contributed by atoms with Gasteiger partial charge in [0.05, 0.1) is 5.39 Å². The molecule has 2 aliphatic rings. The smallest absolute Gasteiger partial charge is 0.253 e. The summed E-state index contributed by atoms with van der Waals surface area (Å²) in [4.78, 5) is 24.9. The number of nitrogens with zero attached hydrogens (tertiary/aromatic N) is 4. The molecule has 0 radical (unpaired) electrons. The number of rotatable bonds is 6. The first-order valence-electron chi connectivity index (χ1n) is 14.1. The van der Waals surface area contributed by atoms with Crippen molar-refractivity contribution in [2.24, 2.45) is 0 Å².